The molecule has 2 aliphatic rings. The third kappa shape index (κ3) is 4.38. The maximum absolute atomic E-state index is 13.6. The number of nitrogens with zero attached hydrogens (tertiary/aromatic N) is 5. The van der Waals surface area contributed by atoms with E-state index in [4.69, 9.17) is 9.72 Å². The van der Waals surface area contributed by atoms with E-state index < -0.39 is 0 Å². The van der Waals surface area contributed by atoms with Crippen molar-refractivity contribution >= 4 is 32.4 Å². The Hall–Kier alpha value is -3.39. The summed E-state index contributed by atoms with van der Waals surface area (Å²) in [5.41, 5.74) is 3.51. The molecule has 4 aromatic rings. The molecule has 0 amide bonds. The fourth-order valence-corrected chi connectivity index (χ4v) is 6.03. The number of aryl methyl sites for hydroxylation is 1. The van der Waals surface area contributed by atoms with Crippen molar-refractivity contribution in [2.24, 2.45) is 0 Å². The SMILES string of the molecule is Cc1cccc(-n2ncc(N3CCN(c4nc5ccccc5s4)CC3)c(OC3CCCC3)c2=O)c1. The minimum atomic E-state index is -0.186. The van der Waals surface area contributed by atoms with Crippen LogP contribution >= 0.6 is 11.3 Å². The van der Waals surface area contributed by atoms with E-state index in [1.54, 1.807) is 17.5 Å². The highest BCUT2D eigenvalue weighted by Crippen LogP contribution is 2.32. The quantitative estimate of drug-likeness (QED) is 0.403. The number of thiazole rings is 1. The van der Waals surface area contributed by atoms with Gasteiger partial charge in [0.15, 0.2) is 5.13 Å². The van der Waals surface area contributed by atoms with Crippen molar-refractivity contribution < 1.29 is 4.74 Å². The largest absolute Gasteiger partial charge is 0.483 e. The van der Waals surface area contributed by atoms with Crippen molar-refractivity contribution in [2.45, 2.75) is 38.7 Å². The molecule has 1 saturated heterocycles. The van der Waals surface area contributed by atoms with Crippen LogP contribution in [-0.4, -0.2) is 47.0 Å². The van der Waals surface area contributed by atoms with Crippen molar-refractivity contribution in [3.8, 4) is 11.4 Å². The summed E-state index contributed by atoms with van der Waals surface area (Å²) in [5.74, 6) is 0.432. The van der Waals surface area contributed by atoms with Crippen LogP contribution in [0.15, 0.2) is 59.5 Å². The summed E-state index contributed by atoms with van der Waals surface area (Å²) in [7, 11) is 0. The van der Waals surface area contributed by atoms with E-state index in [1.807, 2.05) is 37.3 Å². The van der Waals surface area contributed by atoms with Gasteiger partial charge in [0, 0.05) is 26.2 Å². The predicted molar refractivity (Wildman–Crippen MR) is 142 cm³/mol. The van der Waals surface area contributed by atoms with E-state index >= 15 is 0 Å². The Balaban J connectivity index is 1.28. The lowest BCUT2D eigenvalue weighted by Gasteiger charge is -2.36. The van der Waals surface area contributed by atoms with Crippen molar-refractivity contribution in [1.82, 2.24) is 14.8 Å². The fourth-order valence-electron chi connectivity index (χ4n) is 5.02. The van der Waals surface area contributed by atoms with Gasteiger partial charge in [-0.2, -0.15) is 9.78 Å². The van der Waals surface area contributed by atoms with Gasteiger partial charge in [0.1, 0.15) is 5.69 Å². The van der Waals surface area contributed by atoms with Gasteiger partial charge >= 0.3 is 5.56 Å². The van der Waals surface area contributed by atoms with Crippen LogP contribution in [0.2, 0.25) is 0 Å². The number of piperazine rings is 1. The summed E-state index contributed by atoms with van der Waals surface area (Å²) < 4.78 is 9.08. The average molecular weight is 488 g/mol. The summed E-state index contributed by atoms with van der Waals surface area (Å²) in [6, 6.07) is 16.1. The third-order valence-corrected chi connectivity index (χ3v) is 8.02. The van der Waals surface area contributed by atoms with Crippen molar-refractivity contribution in [3.05, 3.63) is 70.6 Å². The first kappa shape index (κ1) is 22.1. The average Bonchev–Trinajstić information content (AvgIpc) is 3.55. The lowest BCUT2D eigenvalue weighted by Crippen LogP contribution is -2.47. The Morgan fingerprint density at radius 3 is 2.51 bits per heavy atom. The highest BCUT2D eigenvalue weighted by molar-refractivity contribution is 7.22. The summed E-state index contributed by atoms with van der Waals surface area (Å²) in [6.45, 7) is 5.26. The topological polar surface area (TPSA) is 63.5 Å². The van der Waals surface area contributed by atoms with Crippen LogP contribution in [-0.2, 0) is 0 Å². The van der Waals surface area contributed by atoms with Gasteiger partial charge in [-0.3, -0.25) is 4.79 Å². The number of hydrogen-bond donors (Lipinski definition) is 0. The van der Waals surface area contributed by atoms with Gasteiger partial charge in [0.25, 0.3) is 0 Å². The minimum Gasteiger partial charge on any atom is -0.483 e. The second-order valence-electron chi connectivity index (χ2n) is 9.38. The molecule has 0 atom stereocenters. The maximum atomic E-state index is 13.6. The van der Waals surface area contributed by atoms with E-state index in [-0.39, 0.29) is 11.7 Å². The van der Waals surface area contributed by atoms with Crippen LogP contribution in [0.4, 0.5) is 10.8 Å². The smallest absolute Gasteiger partial charge is 0.316 e. The van der Waals surface area contributed by atoms with Gasteiger partial charge in [-0.1, -0.05) is 35.6 Å². The van der Waals surface area contributed by atoms with Crippen LogP contribution in [0, 0.1) is 6.92 Å². The number of ether oxygens (including phenoxy) is 1. The Labute approximate surface area is 208 Å². The first-order chi connectivity index (χ1) is 17.2. The molecule has 0 unspecified atom stereocenters. The van der Waals surface area contributed by atoms with Gasteiger partial charge in [0.2, 0.25) is 5.75 Å². The molecule has 1 saturated carbocycles. The van der Waals surface area contributed by atoms with Gasteiger partial charge in [-0.25, -0.2) is 4.98 Å². The molecule has 7 nitrogen and oxygen atoms in total. The second kappa shape index (κ2) is 9.34. The van der Waals surface area contributed by atoms with Crippen LogP contribution in [0.5, 0.6) is 5.75 Å². The Kier molecular flexibility index (Phi) is 5.90. The lowest BCUT2D eigenvalue weighted by molar-refractivity contribution is 0.206. The Morgan fingerprint density at radius 2 is 1.74 bits per heavy atom. The van der Waals surface area contributed by atoms with Crippen LogP contribution in [0.3, 0.4) is 0 Å². The number of rotatable bonds is 5. The molecule has 180 valence electrons. The molecule has 0 bridgehead atoms. The highest BCUT2D eigenvalue weighted by Gasteiger charge is 2.27. The fraction of sp³-hybridized carbons (Fsp3) is 0.370. The number of fused-ring (bicyclic) bond motifs is 1. The Bertz CT molecular complexity index is 1370. The number of para-hydroxylation sites is 1. The molecular formula is C27H29N5O2S. The van der Waals surface area contributed by atoms with Crippen LogP contribution in [0.25, 0.3) is 15.9 Å². The Morgan fingerprint density at radius 1 is 0.971 bits per heavy atom. The summed E-state index contributed by atoms with van der Waals surface area (Å²) in [5, 5.41) is 5.62. The molecule has 0 N–H and O–H groups in total. The molecule has 2 aromatic heterocycles. The highest BCUT2D eigenvalue weighted by atomic mass is 32.1. The normalized spacial score (nSPS) is 16.8. The molecule has 2 aromatic carbocycles. The summed E-state index contributed by atoms with van der Waals surface area (Å²) >= 11 is 1.73. The molecule has 8 heteroatoms. The molecule has 2 fully saturated rings. The van der Waals surface area contributed by atoms with Gasteiger partial charge in [0.05, 0.1) is 28.2 Å². The van der Waals surface area contributed by atoms with Gasteiger partial charge < -0.3 is 14.5 Å². The zero-order valence-corrected chi connectivity index (χ0v) is 20.7. The molecule has 3 heterocycles. The molecular weight excluding hydrogens is 458 g/mol. The molecule has 1 aliphatic carbocycles. The molecule has 6 rings (SSSR count). The van der Waals surface area contributed by atoms with E-state index in [1.165, 1.54) is 9.38 Å². The number of hydrogen-bond acceptors (Lipinski definition) is 7. The van der Waals surface area contributed by atoms with Gasteiger partial charge in [-0.15, -0.1) is 0 Å². The molecule has 0 spiro atoms. The van der Waals surface area contributed by atoms with Crippen molar-refractivity contribution in [2.75, 3.05) is 36.0 Å². The minimum absolute atomic E-state index is 0.0962. The van der Waals surface area contributed by atoms with E-state index in [2.05, 4.69) is 33.1 Å². The zero-order valence-electron chi connectivity index (χ0n) is 19.9. The van der Waals surface area contributed by atoms with Crippen LogP contribution < -0.4 is 20.1 Å². The zero-order chi connectivity index (χ0) is 23.8. The third-order valence-electron chi connectivity index (χ3n) is 6.92. The predicted octanol–water partition coefficient (Wildman–Crippen LogP) is 4.80. The van der Waals surface area contributed by atoms with E-state index in [0.717, 1.165) is 79.4 Å². The van der Waals surface area contributed by atoms with Crippen LogP contribution in [0.1, 0.15) is 31.2 Å². The number of benzene rings is 2. The molecule has 1 aliphatic heterocycles. The molecule has 0 radical (unpaired) electrons. The van der Waals surface area contributed by atoms with Crippen molar-refractivity contribution in [3.63, 3.8) is 0 Å². The second-order valence-corrected chi connectivity index (χ2v) is 10.4. The van der Waals surface area contributed by atoms with Crippen molar-refractivity contribution in [1.29, 1.82) is 0 Å². The first-order valence-electron chi connectivity index (χ1n) is 12.4. The number of aromatic nitrogens is 3. The van der Waals surface area contributed by atoms with Gasteiger partial charge in [-0.05, 0) is 62.4 Å². The standard InChI is InChI=1S/C27H29N5O2S/c1-19-7-6-8-20(17-19)32-26(33)25(34-21-9-2-3-10-21)23(18-28-32)30-13-15-31(16-14-30)27-29-22-11-4-5-12-24(22)35-27/h4-8,11-12,17-18,21H,2-3,9-10,13-16H2,1H3. The van der Waals surface area contributed by atoms with E-state index in [0.29, 0.717) is 5.75 Å². The maximum Gasteiger partial charge on any atom is 0.316 e. The summed E-state index contributed by atoms with van der Waals surface area (Å²) in [4.78, 5) is 23.0. The number of anilines is 2. The summed E-state index contributed by atoms with van der Waals surface area (Å²) in [6.07, 6.45) is 6.20. The lowest BCUT2D eigenvalue weighted by atomic mass is 10.2. The first-order valence-corrected chi connectivity index (χ1v) is 13.2. The molecule has 35 heavy (non-hydrogen) atoms. The monoisotopic (exact) mass is 487 g/mol. The van der Waals surface area contributed by atoms with E-state index in [9.17, 15) is 4.79 Å².